The fraction of sp³-hybridized carbons (Fsp3) is 0.484. The van der Waals surface area contributed by atoms with Gasteiger partial charge in [-0.3, -0.25) is 4.79 Å². The summed E-state index contributed by atoms with van der Waals surface area (Å²) >= 11 is 0. The van der Waals surface area contributed by atoms with E-state index >= 15 is 0 Å². The maximum atomic E-state index is 14.4. The maximum Gasteiger partial charge on any atom is 0.254 e. The van der Waals surface area contributed by atoms with Gasteiger partial charge in [0.2, 0.25) is 0 Å². The molecule has 2 atom stereocenters. The number of nitrogens with one attached hydrogen (secondary N) is 1. The molecule has 3 saturated heterocycles. The van der Waals surface area contributed by atoms with Gasteiger partial charge in [-0.1, -0.05) is 13.0 Å². The second-order valence-corrected chi connectivity index (χ2v) is 11.3. The van der Waals surface area contributed by atoms with E-state index in [4.69, 9.17) is 24.9 Å². The maximum absolute atomic E-state index is 14.4. The monoisotopic (exact) mass is 563 g/mol. The number of amides is 1. The van der Waals surface area contributed by atoms with Crippen LogP contribution in [-0.4, -0.2) is 76.6 Å². The molecule has 1 aromatic heterocycles. The molecule has 3 fully saturated rings. The van der Waals surface area contributed by atoms with E-state index in [1.807, 2.05) is 12.1 Å². The van der Waals surface area contributed by atoms with Gasteiger partial charge in [0.15, 0.2) is 11.6 Å². The van der Waals surface area contributed by atoms with Crippen LogP contribution in [0.15, 0.2) is 30.3 Å². The topological polar surface area (TPSA) is 102 Å². The quantitative estimate of drug-likeness (QED) is 0.448. The van der Waals surface area contributed by atoms with Gasteiger partial charge in [-0.15, -0.1) is 0 Å². The third kappa shape index (κ3) is 4.82. The number of nitrogens with zero attached hydrogens (tertiary/aromatic N) is 3. The second kappa shape index (κ2) is 11.0. The molecule has 0 saturated carbocycles. The number of nitrogens with two attached hydrogens (primary N) is 1. The first-order chi connectivity index (χ1) is 19.9. The number of methoxy groups -OCH3 is 2. The molecule has 1 unspecified atom stereocenters. The molecule has 2 aromatic carbocycles. The van der Waals surface area contributed by atoms with E-state index in [1.165, 1.54) is 13.2 Å². The van der Waals surface area contributed by atoms with Crippen molar-refractivity contribution in [3.63, 3.8) is 0 Å². The van der Waals surface area contributed by atoms with E-state index in [9.17, 15) is 9.18 Å². The first-order valence-electron chi connectivity index (χ1n) is 14.4. The molecule has 218 valence electrons. The number of morpholine rings is 1. The highest BCUT2D eigenvalue weighted by Gasteiger charge is 2.42. The SMILES string of the molecule is COc1cc([C@H](C)c2c(OC)ccc3nc(N4CCOCC4)c(C(N)=O)c(N4CCC5(CCCN5)C4)c23)ccc1F. The van der Waals surface area contributed by atoms with Gasteiger partial charge in [-0.2, -0.15) is 0 Å². The van der Waals surface area contributed by atoms with Gasteiger partial charge in [-0.25, -0.2) is 9.37 Å². The van der Waals surface area contributed by atoms with Gasteiger partial charge in [0.05, 0.1) is 38.6 Å². The number of hydrogen-bond donors (Lipinski definition) is 2. The van der Waals surface area contributed by atoms with Crippen LogP contribution in [0.1, 0.15) is 53.6 Å². The Morgan fingerprint density at radius 2 is 1.88 bits per heavy atom. The predicted molar refractivity (Wildman–Crippen MR) is 157 cm³/mol. The van der Waals surface area contributed by atoms with Crippen LogP contribution >= 0.6 is 0 Å². The summed E-state index contributed by atoms with van der Waals surface area (Å²) in [5.74, 6) is 0.261. The molecule has 6 rings (SSSR count). The molecular weight excluding hydrogens is 525 g/mol. The Kier molecular flexibility index (Phi) is 7.37. The smallest absolute Gasteiger partial charge is 0.254 e. The summed E-state index contributed by atoms with van der Waals surface area (Å²) in [7, 11) is 3.10. The number of rotatable bonds is 7. The van der Waals surface area contributed by atoms with Crippen molar-refractivity contribution in [1.82, 2.24) is 10.3 Å². The van der Waals surface area contributed by atoms with Crippen molar-refractivity contribution >= 4 is 28.3 Å². The van der Waals surface area contributed by atoms with E-state index in [0.29, 0.717) is 43.4 Å². The van der Waals surface area contributed by atoms with Crippen LogP contribution < -0.4 is 30.3 Å². The van der Waals surface area contributed by atoms with Gasteiger partial charge in [0.25, 0.3) is 5.91 Å². The van der Waals surface area contributed by atoms with Crippen LogP contribution in [0.3, 0.4) is 0 Å². The Labute approximate surface area is 239 Å². The first-order valence-corrected chi connectivity index (χ1v) is 14.4. The van der Waals surface area contributed by atoms with Crippen LogP contribution in [0, 0.1) is 5.82 Å². The van der Waals surface area contributed by atoms with Gasteiger partial charge < -0.3 is 35.1 Å². The molecule has 4 heterocycles. The van der Waals surface area contributed by atoms with Crippen molar-refractivity contribution in [3.05, 3.63) is 52.8 Å². The largest absolute Gasteiger partial charge is 0.496 e. The number of fused-ring (bicyclic) bond motifs is 1. The predicted octanol–water partition coefficient (Wildman–Crippen LogP) is 3.81. The Balaban J connectivity index is 1.63. The summed E-state index contributed by atoms with van der Waals surface area (Å²) in [6.07, 6.45) is 3.21. The lowest BCUT2D eigenvalue weighted by atomic mass is 9.87. The van der Waals surface area contributed by atoms with Gasteiger partial charge in [0.1, 0.15) is 17.1 Å². The molecule has 10 heteroatoms. The summed E-state index contributed by atoms with van der Waals surface area (Å²) < 4.78 is 31.2. The summed E-state index contributed by atoms with van der Waals surface area (Å²) in [6, 6.07) is 8.77. The molecule has 3 aliphatic rings. The van der Waals surface area contributed by atoms with Crippen molar-refractivity contribution in [1.29, 1.82) is 0 Å². The fourth-order valence-electron chi connectivity index (χ4n) is 6.88. The van der Waals surface area contributed by atoms with Gasteiger partial charge >= 0.3 is 0 Å². The molecule has 3 aliphatic heterocycles. The normalized spacial score (nSPS) is 21.6. The number of primary amides is 1. The highest BCUT2D eigenvalue weighted by Crippen LogP contribution is 2.47. The number of anilines is 2. The number of carbonyl (C=O) groups excluding carboxylic acids is 1. The molecule has 0 aliphatic carbocycles. The Hall–Kier alpha value is -3.63. The van der Waals surface area contributed by atoms with Crippen molar-refractivity contribution < 1.29 is 23.4 Å². The molecular formula is C31H38FN5O4. The van der Waals surface area contributed by atoms with Crippen LogP contribution in [0.5, 0.6) is 11.5 Å². The van der Waals surface area contributed by atoms with Crippen molar-refractivity contribution in [2.75, 3.05) is 70.0 Å². The van der Waals surface area contributed by atoms with Crippen molar-refractivity contribution in [2.24, 2.45) is 5.73 Å². The van der Waals surface area contributed by atoms with E-state index < -0.39 is 11.7 Å². The Bertz CT molecular complexity index is 1470. The molecule has 1 amide bonds. The molecule has 3 aromatic rings. The lowest BCUT2D eigenvalue weighted by Crippen LogP contribution is -2.43. The lowest BCUT2D eigenvalue weighted by molar-refractivity contribution is 0.0998. The van der Waals surface area contributed by atoms with Crippen molar-refractivity contribution in [3.8, 4) is 11.5 Å². The van der Waals surface area contributed by atoms with Crippen LogP contribution in [0.2, 0.25) is 0 Å². The minimum atomic E-state index is -0.513. The number of halogens is 1. The highest BCUT2D eigenvalue weighted by atomic mass is 19.1. The van der Waals surface area contributed by atoms with Crippen LogP contribution in [0.25, 0.3) is 10.9 Å². The number of benzene rings is 2. The minimum absolute atomic E-state index is 0.0125. The zero-order valence-corrected chi connectivity index (χ0v) is 24.0. The summed E-state index contributed by atoms with van der Waals surface area (Å²) in [5.41, 5.74) is 9.93. The van der Waals surface area contributed by atoms with Crippen molar-refractivity contribution in [2.45, 2.75) is 37.6 Å². The zero-order chi connectivity index (χ0) is 28.7. The molecule has 9 nitrogen and oxygen atoms in total. The van der Waals surface area contributed by atoms with E-state index in [0.717, 1.165) is 66.6 Å². The molecule has 0 bridgehead atoms. The Morgan fingerprint density at radius 1 is 1.10 bits per heavy atom. The average molecular weight is 564 g/mol. The van der Waals surface area contributed by atoms with Crippen LogP contribution in [0.4, 0.5) is 15.9 Å². The first kappa shape index (κ1) is 27.5. The zero-order valence-electron chi connectivity index (χ0n) is 24.0. The van der Waals surface area contributed by atoms with E-state index in [-0.39, 0.29) is 17.2 Å². The highest BCUT2D eigenvalue weighted by molar-refractivity contribution is 6.12. The summed E-state index contributed by atoms with van der Waals surface area (Å²) in [6.45, 7) is 6.96. The lowest BCUT2D eigenvalue weighted by Gasteiger charge is -2.33. The number of hydrogen-bond acceptors (Lipinski definition) is 8. The number of aromatic nitrogens is 1. The molecule has 3 N–H and O–H groups in total. The molecule has 1 spiro atoms. The Morgan fingerprint density at radius 3 is 2.56 bits per heavy atom. The molecule has 0 radical (unpaired) electrons. The van der Waals surface area contributed by atoms with E-state index in [1.54, 1.807) is 19.2 Å². The standard InChI is InChI=1S/C31H38FN5O4/c1-19(20-5-6-21(32)24(17-20)40-3)25-23(39-2)8-7-22-26(25)28(37-12-10-31(18-37)9-4-11-34-31)27(29(33)38)30(35-22)36-13-15-41-16-14-36/h5-8,17,19,34H,4,9-16,18H2,1-3H3,(H2,33,38)/t19-,31?/m0/s1. The molecule has 41 heavy (non-hydrogen) atoms. The van der Waals surface area contributed by atoms with Gasteiger partial charge in [-0.05, 0) is 55.6 Å². The third-order valence-corrected chi connectivity index (χ3v) is 8.99. The minimum Gasteiger partial charge on any atom is -0.496 e. The average Bonchev–Trinajstić information content (AvgIpc) is 3.64. The van der Waals surface area contributed by atoms with Crippen LogP contribution in [-0.2, 0) is 4.74 Å². The number of ether oxygens (including phenoxy) is 3. The van der Waals surface area contributed by atoms with E-state index in [2.05, 4.69) is 22.0 Å². The number of pyridine rings is 1. The third-order valence-electron chi connectivity index (χ3n) is 8.99. The number of carbonyl (C=O) groups is 1. The fourth-order valence-corrected chi connectivity index (χ4v) is 6.88. The summed E-state index contributed by atoms with van der Waals surface area (Å²) in [5, 5.41) is 4.57. The second-order valence-electron chi connectivity index (χ2n) is 11.3. The summed E-state index contributed by atoms with van der Waals surface area (Å²) in [4.78, 5) is 22.9. The van der Waals surface area contributed by atoms with Gasteiger partial charge in [0, 0.05) is 48.6 Å².